The van der Waals surface area contributed by atoms with E-state index in [9.17, 15) is 5.26 Å². The van der Waals surface area contributed by atoms with E-state index in [0.29, 0.717) is 11.8 Å². The van der Waals surface area contributed by atoms with Crippen LogP contribution in [0.1, 0.15) is 24.0 Å². The third-order valence-corrected chi connectivity index (χ3v) is 4.19. The average molecular weight is 233 g/mol. The van der Waals surface area contributed by atoms with E-state index in [1.807, 2.05) is 36.4 Å². The first kappa shape index (κ1) is 11.0. The summed E-state index contributed by atoms with van der Waals surface area (Å²) in [6.07, 6.45) is 0. The van der Waals surface area contributed by atoms with E-state index in [-0.39, 0.29) is 5.41 Å². The standard InChI is InChI=1S/C17H15N/c1-13-16(14-8-4-2-5-9-14)17(13,12-18)15-10-6-3-7-11-15/h2-11,13,16H,1H3/t13-,16+,17+/m0/s1. The minimum Gasteiger partial charge on any atom is -0.197 e. The Morgan fingerprint density at radius 1 is 0.944 bits per heavy atom. The summed E-state index contributed by atoms with van der Waals surface area (Å²) in [5.74, 6) is 0.707. The molecule has 0 aromatic heterocycles. The predicted octanol–water partition coefficient (Wildman–Crippen LogP) is 3.88. The fourth-order valence-electron chi connectivity index (χ4n) is 3.17. The summed E-state index contributed by atoms with van der Waals surface area (Å²) in [7, 11) is 0. The molecular formula is C17H15N. The van der Waals surface area contributed by atoms with E-state index in [1.165, 1.54) is 5.56 Å². The summed E-state index contributed by atoms with van der Waals surface area (Å²) in [6, 6.07) is 23.1. The zero-order chi connectivity index (χ0) is 12.6. The highest BCUT2D eigenvalue weighted by Crippen LogP contribution is 2.64. The Labute approximate surface area is 108 Å². The Morgan fingerprint density at radius 3 is 2.06 bits per heavy atom. The van der Waals surface area contributed by atoms with Gasteiger partial charge in [-0.2, -0.15) is 5.26 Å². The maximum atomic E-state index is 9.66. The van der Waals surface area contributed by atoms with Crippen molar-refractivity contribution in [1.29, 1.82) is 5.26 Å². The molecule has 0 heterocycles. The van der Waals surface area contributed by atoms with Gasteiger partial charge in [0.05, 0.1) is 11.5 Å². The lowest BCUT2D eigenvalue weighted by Gasteiger charge is -2.09. The molecule has 1 fully saturated rings. The van der Waals surface area contributed by atoms with Gasteiger partial charge in [-0.25, -0.2) is 0 Å². The summed E-state index contributed by atoms with van der Waals surface area (Å²) in [6.45, 7) is 2.17. The molecule has 1 heteroatoms. The van der Waals surface area contributed by atoms with Gasteiger partial charge in [0.1, 0.15) is 0 Å². The SMILES string of the molecule is C[C@H]1[C@H](c2ccccc2)[C@@]1(C#N)c1ccccc1. The molecule has 0 aliphatic heterocycles. The van der Waals surface area contributed by atoms with Crippen LogP contribution < -0.4 is 0 Å². The zero-order valence-electron chi connectivity index (χ0n) is 10.4. The first-order valence-electron chi connectivity index (χ1n) is 6.32. The molecule has 0 saturated heterocycles. The van der Waals surface area contributed by atoms with Gasteiger partial charge in [0.25, 0.3) is 0 Å². The van der Waals surface area contributed by atoms with Gasteiger partial charge in [0.2, 0.25) is 0 Å². The molecule has 0 unspecified atom stereocenters. The number of rotatable bonds is 2. The second-order valence-electron chi connectivity index (χ2n) is 5.02. The number of hydrogen-bond acceptors (Lipinski definition) is 1. The third kappa shape index (κ3) is 1.39. The average Bonchev–Trinajstić information content (AvgIpc) is 3.07. The Hall–Kier alpha value is -2.07. The predicted molar refractivity (Wildman–Crippen MR) is 72.1 cm³/mol. The molecule has 1 saturated carbocycles. The highest BCUT2D eigenvalue weighted by molar-refractivity contribution is 5.51. The fraction of sp³-hybridized carbons (Fsp3) is 0.235. The molecule has 3 rings (SSSR count). The lowest BCUT2D eigenvalue weighted by Crippen LogP contribution is -2.07. The van der Waals surface area contributed by atoms with E-state index >= 15 is 0 Å². The molecular weight excluding hydrogens is 218 g/mol. The van der Waals surface area contributed by atoms with Crippen LogP contribution in [0.15, 0.2) is 60.7 Å². The minimum atomic E-state index is -0.331. The molecule has 88 valence electrons. The van der Waals surface area contributed by atoms with E-state index in [1.54, 1.807) is 0 Å². The Bertz CT molecular complexity index is 582. The van der Waals surface area contributed by atoms with Crippen LogP contribution in [0.25, 0.3) is 0 Å². The van der Waals surface area contributed by atoms with E-state index in [2.05, 4.69) is 37.3 Å². The van der Waals surface area contributed by atoms with Gasteiger partial charge in [-0.05, 0) is 17.0 Å². The normalized spacial score (nSPS) is 29.6. The second-order valence-corrected chi connectivity index (χ2v) is 5.02. The second kappa shape index (κ2) is 3.99. The summed E-state index contributed by atoms with van der Waals surface area (Å²) in [5.41, 5.74) is 2.09. The summed E-state index contributed by atoms with van der Waals surface area (Å²) in [4.78, 5) is 0. The molecule has 2 aromatic carbocycles. The van der Waals surface area contributed by atoms with Crippen LogP contribution in [0.4, 0.5) is 0 Å². The van der Waals surface area contributed by atoms with Crippen molar-refractivity contribution in [3.8, 4) is 6.07 Å². The lowest BCUT2D eigenvalue weighted by atomic mass is 9.91. The summed E-state index contributed by atoms with van der Waals surface area (Å²) < 4.78 is 0. The van der Waals surface area contributed by atoms with Gasteiger partial charge in [-0.1, -0.05) is 67.6 Å². The molecule has 3 atom stereocenters. The summed E-state index contributed by atoms with van der Waals surface area (Å²) in [5, 5.41) is 9.66. The molecule has 0 N–H and O–H groups in total. The van der Waals surface area contributed by atoms with Gasteiger partial charge < -0.3 is 0 Å². The quantitative estimate of drug-likeness (QED) is 0.772. The molecule has 2 aromatic rings. The molecule has 0 radical (unpaired) electrons. The molecule has 18 heavy (non-hydrogen) atoms. The zero-order valence-corrected chi connectivity index (χ0v) is 10.4. The van der Waals surface area contributed by atoms with Crippen molar-refractivity contribution >= 4 is 0 Å². The van der Waals surface area contributed by atoms with Gasteiger partial charge >= 0.3 is 0 Å². The van der Waals surface area contributed by atoms with Crippen LogP contribution in [0, 0.1) is 17.2 Å². The van der Waals surface area contributed by atoms with Crippen LogP contribution >= 0.6 is 0 Å². The van der Waals surface area contributed by atoms with Crippen molar-refractivity contribution in [2.45, 2.75) is 18.3 Å². The van der Waals surface area contributed by atoms with Crippen molar-refractivity contribution in [1.82, 2.24) is 0 Å². The number of nitrogens with zero attached hydrogens (tertiary/aromatic N) is 1. The van der Waals surface area contributed by atoms with Crippen molar-refractivity contribution in [2.24, 2.45) is 5.92 Å². The Balaban J connectivity index is 2.04. The monoisotopic (exact) mass is 233 g/mol. The van der Waals surface area contributed by atoms with Crippen molar-refractivity contribution in [2.75, 3.05) is 0 Å². The maximum absolute atomic E-state index is 9.66. The Morgan fingerprint density at radius 2 is 1.50 bits per heavy atom. The van der Waals surface area contributed by atoms with Crippen LogP contribution in [-0.2, 0) is 5.41 Å². The highest BCUT2D eigenvalue weighted by Gasteiger charge is 2.64. The fourth-order valence-corrected chi connectivity index (χ4v) is 3.17. The molecule has 1 aliphatic carbocycles. The van der Waals surface area contributed by atoms with Gasteiger partial charge in [-0.15, -0.1) is 0 Å². The minimum absolute atomic E-state index is 0.325. The van der Waals surface area contributed by atoms with Crippen molar-refractivity contribution in [3.05, 3.63) is 71.8 Å². The lowest BCUT2D eigenvalue weighted by molar-refractivity contribution is 0.790. The molecule has 1 aliphatic rings. The van der Waals surface area contributed by atoms with Gasteiger partial charge in [-0.3, -0.25) is 0 Å². The highest BCUT2D eigenvalue weighted by atomic mass is 14.6. The van der Waals surface area contributed by atoms with E-state index < -0.39 is 0 Å². The number of nitriles is 1. The summed E-state index contributed by atoms with van der Waals surface area (Å²) >= 11 is 0. The number of hydrogen-bond donors (Lipinski definition) is 0. The van der Waals surface area contributed by atoms with E-state index in [0.717, 1.165) is 5.56 Å². The first-order chi connectivity index (χ1) is 8.80. The Kier molecular flexibility index (Phi) is 2.45. The van der Waals surface area contributed by atoms with Gasteiger partial charge in [0, 0.05) is 5.92 Å². The topological polar surface area (TPSA) is 23.8 Å². The molecule has 0 spiro atoms. The molecule has 0 amide bonds. The largest absolute Gasteiger partial charge is 0.197 e. The van der Waals surface area contributed by atoms with Crippen LogP contribution in [-0.4, -0.2) is 0 Å². The van der Waals surface area contributed by atoms with Crippen molar-refractivity contribution in [3.63, 3.8) is 0 Å². The third-order valence-electron chi connectivity index (χ3n) is 4.19. The van der Waals surface area contributed by atoms with Gasteiger partial charge in [0.15, 0.2) is 0 Å². The number of benzene rings is 2. The van der Waals surface area contributed by atoms with Crippen LogP contribution in [0.3, 0.4) is 0 Å². The smallest absolute Gasteiger partial charge is 0.0925 e. The van der Waals surface area contributed by atoms with Crippen LogP contribution in [0.5, 0.6) is 0 Å². The van der Waals surface area contributed by atoms with Crippen molar-refractivity contribution < 1.29 is 0 Å². The van der Waals surface area contributed by atoms with Crippen LogP contribution in [0.2, 0.25) is 0 Å². The van der Waals surface area contributed by atoms with E-state index in [4.69, 9.17) is 0 Å². The first-order valence-corrected chi connectivity index (χ1v) is 6.32. The maximum Gasteiger partial charge on any atom is 0.0925 e. The molecule has 1 nitrogen and oxygen atoms in total. The molecule has 0 bridgehead atoms.